The van der Waals surface area contributed by atoms with E-state index in [1.165, 1.54) is 25.1 Å². The molecule has 0 radical (unpaired) electrons. The predicted molar refractivity (Wildman–Crippen MR) is 120 cm³/mol. The molecule has 160 valence electrons. The van der Waals surface area contributed by atoms with Gasteiger partial charge in [0.1, 0.15) is 5.84 Å². The van der Waals surface area contributed by atoms with E-state index in [-0.39, 0.29) is 22.3 Å². The molecule has 1 amide bonds. The number of carbonyl (C=O) groups is 2. The van der Waals surface area contributed by atoms with Crippen molar-refractivity contribution in [2.45, 2.75) is 26.3 Å². The molecule has 3 rings (SSSR count). The van der Waals surface area contributed by atoms with Gasteiger partial charge in [0.2, 0.25) is 0 Å². The monoisotopic (exact) mass is 429 g/mol. The highest BCUT2D eigenvalue weighted by Crippen LogP contribution is 2.28. The van der Waals surface area contributed by atoms with Crippen LogP contribution in [0.25, 0.3) is 0 Å². The average Bonchev–Trinajstić information content (AvgIpc) is 3.30. The standard InChI is InChI=1S/C22H28ClN5O2/c1-15(11-27-8-2-3-9-27)12-28-13-16-10-17(4-5-18(16)22(28)30)26-21(25)19(14-29)20(23)6-7-24/h4-7,10,14-15H,2-3,8-9,11-13,24H2,1H3,(H2,25,26)/b7-6-,20-19-. The lowest BCUT2D eigenvalue weighted by molar-refractivity contribution is -0.104. The maximum atomic E-state index is 12.8. The van der Waals surface area contributed by atoms with Crippen LogP contribution in [0.5, 0.6) is 0 Å². The topological polar surface area (TPSA) is 105 Å². The summed E-state index contributed by atoms with van der Waals surface area (Å²) in [6.45, 7) is 6.80. The number of hydrogen-bond acceptors (Lipinski definition) is 5. The molecule has 30 heavy (non-hydrogen) atoms. The van der Waals surface area contributed by atoms with Gasteiger partial charge in [-0.15, -0.1) is 0 Å². The van der Waals surface area contributed by atoms with Crippen LogP contribution >= 0.6 is 11.6 Å². The van der Waals surface area contributed by atoms with Gasteiger partial charge in [0.15, 0.2) is 6.29 Å². The van der Waals surface area contributed by atoms with Gasteiger partial charge >= 0.3 is 0 Å². The van der Waals surface area contributed by atoms with Crippen molar-refractivity contribution in [3.05, 3.63) is 52.2 Å². The number of halogens is 1. The molecular weight excluding hydrogens is 402 g/mol. The summed E-state index contributed by atoms with van der Waals surface area (Å²) in [7, 11) is 0. The van der Waals surface area contributed by atoms with Gasteiger partial charge in [-0.1, -0.05) is 18.5 Å². The molecule has 0 aliphatic carbocycles. The molecule has 0 saturated carbocycles. The van der Waals surface area contributed by atoms with Crippen LogP contribution < -0.4 is 11.5 Å². The fourth-order valence-corrected chi connectivity index (χ4v) is 4.25. The predicted octanol–water partition coefficient (Wildman–Crippen LogP) is 2.53. The Labute approximate surface area is 182 Å². The maximum Gasteiger partial charge on any atom is 0.254 e. The minimum Gasteiger partial charge on any atom is -0.405 e. The number of aliphatic imine (C=N–C) groups is 1. The average molecular weight is 430 g/mol. The molecule has 7 nitrogen and oxygen atoms in total. The molecule has 1 aromatic rings. The molecule has 0 aromatic heterocycles. The zero-order chi connectivity index (χ0) is 21.7. The summed E-state index contributed by atoms with van der Waals surface area (Å²) >= 11 is 6.02. The van der Waals surface area contributed by atoms with Gasteiger partial charge in [-0.2, -0.15) is 0 Å². The van der Waals surface area contributed by atoms with Crippen molar-refractivity contribution in [2.75, 3.05) is 26.2 Å². The van der Waals surface area contributed by atoms with Crippen LogP contribution in [0.4, 0.5) is 5.69 Å². The van der Waals surface area contributed by atoms with E-state index in [1.807, 2.05) is 11.0 Å². The van der Waals surface area contributed by atoms with Crippen LogP contribution in [0.3, 0.4) is 0 Å². The molecular formula is C22H28ClN5O2. The zero-order valence-electron chi connectivity index (χ0n) is 17.2. The van der Waals surface area contributed by atoms with E-state index >= 15 is 0 Å². The number of amides is 1. The van der Waals surface area contributed by atoms with Crippen molar-refractivity contribution in [1.29, 1.82) is 0 Å². The second-order valence-electron chi connectivity index (χ2n) is 7.88. The van der Waals surface area contributed by atoms with E-state index in [0.717, 1.165) is 31.7 Å². The number of benzene rings is 1. The van der Waals surface area contributed by atoms with Crippen molar-refractivity contribution in [3.8, 4) is 0 Å². The molecule has 1 unspecified atom stereocenters. The van der Waals surface area contributed by atoms with Crippen LogP contribution in [0, 0.1) is 5.92 Å². The molecule has 1 fully saturated rings. The van der Waals surface area contributed by atoms with Gasteiger partial charge in [0.05, 0.1) is 16.3 Å². The fraction of sp³-hybridized carbons (Fsp3) is 0.409. The van der Waals surface area contributed by atoms with E-state index in [2.05, 4.69) is 16.8 Å². The number of carbonyl (C=O) groups excluding carboxylic acids is 2. The number of aldehydes is 1. The summed E-state index contributed by atoms with van der Waals surface area (Å²) in [4.78, 5) is 32.8. The summed E-state index contributed by atoms with van der Waals surface area (Å²) in [5, 5.41) is 0.114. The molecule has 2 heterocycles. The first kappa shape index (κ1) is 22.1. The Morgan fingerprint density at radius 2 is 2.03 bits per heavy atom. The normalized spacial score (nSPS) is 19.3. The second-order valence-corrected chi connectivity index (χ2v) is 8.28. The molecule has 2 aliphatic rings. The van der Waals surface area contributed by atoms with Gasteiger partial charge in [-0.05, 0) is 67.9 Å². The van der Waals surface area contributed by atoms with Crippen molar-refractivity contribution in [2.24, 2.45) is 22.4 Å². The van der Waals surface area contributed by atoms with E-state index in [4.69, 9.17) is 23.1 Å². The molecule has 0 bridgehead atoms. The third kappa shape index (κ3) is 5.09. The number of allylic oxidation sites excluding steroid dienone is 2. The van der Waals surface area contributed by atoms with Gasteiger partial charge in [0, 0.05) is 25.2 Å². The lowest BCUT2D eigenvalue weighted by Gasteiger charge is -2.24. The van der Waals surface area contributed by atoms with Gasteiger partial charge in [-0.25, -0.2) is 4.99 Å². The summed E-state index contributed by atoms with van der Waals surface area (Å²) in [5.74, 6) is 0.451. The maximum absolute atomic E-state index is 12.8. The molecule has 4 N–H and O–H groups in total. The number of fused-ring (bicyclic) bond motifs is 1. The quantitative estimate of drug-likeness (QED) is 0.217. The number of likely N-dealkylation sites (tertiary alicyclic amines) is 1. The number of amidine groups is 1. The van der Waals surface area contributed by atoms with Crippen molar-refractivity contribution < 1.29 is 9.59 Å². The van der Waals surface area contributed by atoms with Crippen molar-refractivity contribution in [1.82, 2.24) is 9.80 Å². The van der Waals surface area contributed by atoms with Gasteiger partial charge < -0.3 is 21.3 Å². The first-order chi connectivity index (χ1) is 14.4. The van der Waals surface area contributed by atoms with E-state index in [0.29, 0.717) is 30.0 Å². The van der Waals surface area contributed by atoms with Crippen LogP contribution in [0.1, 0.15) is 35.7 Å². The Morgan fingerprint density at radius 1 is 1.30 bits per heavy atom. The number of nitrogens with zero attached hydrogens (tertiary/aromatic N) is 3. The number of hydrogen-bond donors (Lipinski definition) is 2. The minimum atomic E-state index is -0.00605. The summed E-state index contributed by atoms with van der Waals surface area (Å²) in [5.41, 5.74) is 13.5. The van der Waals surface area contributed by atoms with E-state index in [1.54, 1.807) is 12.1 Å². The lowest BCUT2D eigenvalue weighted by atomic mass is 10.1. The summed E-state index contributed by atoms with van der Waals surface area (Å²) in [6.07, 6.45) is 5.67. The molecule has 1 saturated heterocycles. The largest absolute Gasteiger partial charge is 0.405 e. The van der Waals surface area contributed by atoms with E-state index in [9.17, 15) is 9.59 Å². The highest BCUT2D eigenvalue weighted by Gasteiger charge is 2.29. The molecule has 0 spiro atoms. The lowest BCUT2D eigenvalue weighted by Crippen LogP contribution is -2.34. The van der Waals surface area contributed by atoms with Crippen LogP contribution in [0.15, 0.2) is 46.1 Å². The summed E-state index contributed by atoms with van der Waals surface area (Å²) < 4.78 is 0. The summed E-state index contributed by atoms with van der Waals surface area (Å²) in [6, 6.07) is 5.32. The Morgan fingerprint density at radius 3 is 2.70 bits per heavy atom. The Hall–Kier alpha value is -2.64. The molecule has 1 atom stereocenters. The second kappa shape index (κ2) is 9.91. The Balaban J connectivity index is 1.71. The van der Waals surface area contributed by atoms with Crippen molar-refractivity contribution in [3.63, 3.8) is 0 Å². The Bertz CT molecular complexity index is 903. The van der Waals surface area contributed by atoms with Gasteiger partial charge in [0.25, 0.3) is 5.91 Å². The van der Waals surface area contributed by atoms with Gasteiger partial charge in [-0.3, -0.25) is 9.59 Å². The highest BCUT2D eigenvalue weighted by molar-refractivity contribution is 6.36. The van der Waals surface area contributed by atoms with Crippen molar-refractivity contribution >= 4 is 35.3 Å². The molecule has 8 heteroatoms. The van der Waals surface area contributed by atoms with E-state index < -0.39 is 0 Å². The minimum absolute atomic E-state index is 0.00605. The SMILES string of the molecule is CC(CN1CCCC1)CN1Cc2cc(N=C(N)/C(C=O)=C(Cl)/C=C\N)ccc2C1=O. The number of rotatable bonds is 8. The first-order valence-corrected chi connectivity index (χ1v) is 10.5. The smallest absolute Gasteiger partial charge is 0.254 e. The van der Waals surface area contributed by atoms with Crippen LogP contribution in [-0.2, 0) is 11.3 Å². The van der Waals surface area contributed by atoms with Crippen LogP contribution in [0.2, 0.25) is 0 Å². The third-order valence-corrected chi connectivity index (χ3v) is 5.74. The molecule has 1 aromatic carbocycles. The zero-order valence-corrected chi connectivity index (χ0v) is 17.9. The molecule has 2 aliphatic heterocycles. The first-order valence-electron chi connectivity index (χ1n) is 10.1. The third-order valence-electron chi connectivity index (χ3n) is 5.41. The van der Waals surface area contributed by atoms with Crippen LogP contribution in [-0.4, -0.2) is 54.0 Å². The highest BCUT2D eigenvalue weighted by atomic mass is 35.5. The number of nitrogens with two attached hydrogens (primary N) is 2. The fourth-order valence-electron chi connectivity index (χ4n) is 4.04. The Kier molecular flexibility index (Phi) is 7.29.